The summed E-state index contributed by atoms with van der Waals surface area (Å²) in [5, 5.41) is 12.2. The quantitative estimate of drug-likeness (QED) is 0.875. The van der Waals surface area contributed by atoms with E-state index in [2.05, 4.69) is 9.88 Å². The Bertz CT molecular complexity index is 366. The van der Waals surface area contributed by atoms with Gasteiger partial charge >= 0.3 is 5.97 Å². The zero-order valence-corrected chi connectivity index (χ0v) is 10.2. The molecule has 0 aromatic carbocycles. The Hall–Kier alpha value is -0.940. The molecule has 1 aromatic rings. The summed E-state index contributed by atoms with van der Waals surface area (Å²) in [6.45, 7) is 4.22. The summed E-state index contributed by atoms with van der Waals surface area (Å²) in [6.07, 6.45) is 3.52. The summed E-state index contributed by atoms with van der Waals surface area (Å²) in [5.74, 6) is -0.684. The van der Waals surface area contributed by atoms with Gasteiger partial charge in [-0.3, -0.25) is 9.69 Å². The number of aliphatic carboxylic acids is 1. The summed E-state index contributed by atoms with van der Waals surface area (Å²) >= 11 is 1.62. The molecule has 1 saturated heterocycles. The van der Waals surface area contributed by atoms with E-state index in [1.165, 1.54) is 0 Å². The third-order valence-corrected chi connectivity index (χ3v) is 3.90. The highest BCUT2D eigenvalue weighted by Gasteiger charge is 2.37. The van der Waals surface area contributed by atoms with E-state index >= 15 is 0 Å². The Morgan fingerprint density at radius 3 is 3.19 bits per heavy atom. The fourth-order valence-electron chi connectivity index (χ4n) is 2.18. The number of carbonyl (C=O) groups is 1. The molecule has 2 rings (SSSR count). The summed E-state index contributed by atoms with van der Waals surface area (Å²) in [5.41, 5.74) is -0.588. The van der Waals surface area contributed by atoms with Crippen LogP contribution in [0.3, 0.4) is 0 Å². The first-order valence-corrected chi connectivity index (χ1v) is 6.32. The molecule has 0 bridgehead atoms. The first-order valence-electron chi connectivity index (χ1n) is 5.44. The summed E-state index contributed by atoms with van der Waals surface area (Å²) in [6, 6.07) is 0. The van der Waals surface area contributed by atoms with Gasteiger partial charge in [-0.2, -0.15) is 0 Å². The second kappa shape index (κ2) is 4.51. The van der Waals surface area contributed by atoms with Crippen molar-refractivity contribution in [2.45, 2.75) is 26.3 Å². The van der Waals surface area contributed by atoms with Gasteiger partial charge in [-0.05, 0) is 26.3 Å². The number of hydrogen-bond acceptors (Lipinski definition) is 4. The van der Waals surface area contributed by atoms with E-state index in [0.717, 1.165) is 30.9 Å². The van der Waals surface area contributed by atoms with Gasteiger partial charge in [-0.25, -0.2) is 4.98 Å². The zero-order chi connectivity index (χ0) is 11.6. The summed E-state index contributed by atoms with van der Waals surface area (Å²) < 4.78 is 0. The van der Waals surface area contributed by atoms with Crippen LogP contribution in [0.15, 0.2) is 11.6 Å². The highest BCUT2D eigenvalue weighted by atomic mass is 32.1. The predicted molar refractivity (Wildman–Crippen MR) is 62.4 cm³/mol. The van der Waals surface area contributed by atoms with Crippen molar-refractivity contribution in [2.75, 3.05) is 13.1 Å². The molecule has 4 nitrogen and oxygen atoms in total. The van der Waals surface area contributed by atoms with E-state index in [1.54, 1.807) is 17.5 Å². The Morgan fingerprint density at radius 2 is 2.56 bits per heavy atom. The Kier molecular flexibility index (Phi) is 3.25. The van der Waals surface area contributed by atoms with Crippen LogP contribution in [0.2, 0.25) is 0 Å². The molecule has 1 aliphatic rings. The van der Waals surface area contributed by atoms with Crippen LogP contribution in [-0.2, 0) is 11.3 Å². The van der Waals surface area contributed by atoms with Crippen molar-refractivity contribution < 1.29 is 9.90 Å². The van der Waals surface area contributed by atoms with Crippen LogP contribution in [0.5, 0.6) is 0 Å². The van der Waals surface area contributed by atoms with Gasteiger partial charge in [0.05, 0.1) is 12.0 Å². The molecule has 16 heavy (non-hydrogen) atoms. The molecule has 2 heterocycles. The molecule has 0 spiro atoms. The molecule has 0 amide bonds. The van der Waals surface area contributed by atoms with Crippen LogP contribution in [0, 0.1) is 5.41 Å². The molecule has 1 atom stereocenters. The number of hydrogen-bond donors (Lipinski definition) is 1. The maximum absolute atomic E-state index is 11.2. The molecule has 0 aliphatic carbocycles. The van der Waals surface area contributed by atoms with E-state index in [9.17, 15) is 9.90 Å². The van der Waals surface area contributed by atoms with Crippen LogP contribution < -0.4 is 0 Å². The lowest BCUT2D eigenvalue weighted by Crippen LogP contribution is -2.45. The van der Waals surface area contributed by atoms with Crippen molar-refractivity contribution in [1.82, 2.24) is 9.88 Å². The molecule has 1 N–H and O–H groups in total. The van der Waals surface area contributed by atoms with E-state index in [-0.39, 0.29) is 0 Å². The van der Waals surface area contributed by atoms with Crippen molar-refractivity contribution >= 4 is 17.3 Å². The maximum Gasteiger partial charge on any atom is 0.310 e. The van der Waals surface area contributed by atoms with Gasteiger partial charge < -0.3 is 5.11 Å². The van der Waals surface area contributed by atoms with E-state index in [4.69, 9.17) is 0 Å². The normalized spacial score (nSPS) is 26.8. The first-order chi connectivity index (χ1) is 7.60. The minimum Gasteiger partial charge on any atom is -0.481 e. The minimum atomic E-state index is -0.684. The zero-order valence-electron chi connectivity index (χ0n) is 9.35. The Labute approximate surface area is 98.9 Å². The molecule has 1 fully saturated rings. The number of carboxylic acids is 1. The highest BCUT2D eigenvalue weighted by Crippen LogP contribution is 2.30. The predicted octanol–water partition coefficient (Wildman–Crippen LogP) is 1.83. The number of nitrogens with zero attached hydrogens (tertiary/aromatic N) is 2. The lowest BCUT2D eigenvalue weighted by molar-refractivity contribution is -0.151. The smallest absolute Gasteiger partial charge is 0.310 e. The van der Waals surface area contributed by atoms with Gasteiger partial charge in [0.25, 0.3) is 0 Å². The van der Waals surface area contributed by atoms with Gasteiger partial charge in [0.1, 0.15) is 5.01 Å². The molecule has 5 heteroatoms. The molecule has 1 aromatic heterocycles. The van der Waals surface area contributed by atoms with Crippen LogP contribution >= 0.6 is 11.3 Å². The largest absolute Gasteiger partial charge is 0.481 e. The Morgan fingerprint density at radius 1 is 1.75 bits per heavy atom. The van der Waals surface area contributed by atoms with Crippen LogP contribution in [0.4, 0.5) is 0 Å². The van der Waals surface area contributed by atoms with Crippen LogP contribution in [-0.4, -0.2) is 34.0 Å². The van der Waals surface area contributed by atoms with Gasteiger partial charge in [-0.15, -0.1) is 11.3 Å². The van der Waals surface area contributed by atoms with Crippen LogP contribution in [0.25, 0.3) is 0 Å². The van der Waals surface area contributed by atoms with Crippen molar-refractivity contribution in [2.24, 2.45) is 5.41 Å². The topological polar surface area (TPSA) is 53.4 Å². The third-order valence-electron chi connectivity index (χ3n) is 3.13. The molecular formula is C11H16N2O2S. The van der Waals surface area contributed by atoms with Crippen molar-refractivity contribution in [1.29, 1.82) is 0 Å². The minimum absolute atomic E-state index is 0.588. The Balaban J connectivity index is 1.99. The van der Waals surface area contributed by atoms with E-state index in [1.807, 2.05) is 12.3 Å². The molecule has 1 aliphatic heterocycles. The standard InChI is InChI=1S/C11H16N2O2S/c1-11(10(14)15)3-2-5-13(8-11)7-9-12-4-6-16-9/h4,6H,2-3,5,7-8H2,1H3,(H,14,15). The lowest BCUT2D eigenvalue weighted by atomic mass is 9.82. The fraction of sp³-hybridized carbons (Fsp3) is 0.636. The van der Waals surface area contributed by atoms with Gasteiger partial charge in [0, 0.05) is 18.1 Å². The second-order valence-electron chi connectivity index (χ2n) is 4.61. The molecular weight excluding hydrogens is 224 g/mol. The van der Waals surface area contributed by atoms with Gasteiger partial charge in [0.2, 0.25) is 0 Å². The van der Waals surface area contributed by atoms with Gasteiger partial charge in [0.15, 0.2) is 0 Å². The molecule has 0 saturated carbocycles. The maximum atomic E-state index is 11.2. The fourth-order valence-corrected chi connectivity index (χ4v) is 2.83. The number of likely N-dealkylation sites (tertiary alicyclic amines) is 1. The third kappa shape index (κ3) is 2.41. The lowest BCUT2D eigenvalue weighted by Gasteiger charge is -2.37. The summed E-state index contributed by atoms with van der Waals surface area (Å²) in [4.78, 5) is 17.6. The monoisotopic (exact) mass is 240 g/mol. The average Bonchev–Trinajstić information content (AvgIpc) is 2.70. The number of aromatic nitrogens is 1. The van der Waals surface area contributed by atoms with Crippen LogP contribution in [0.1, 0.15) is 24.8 Å². The molecule has 88 valence electrons. The average molecular weight is 240 g/mol. The molecule has 1 unspecified atom stereocenters. The van der Waals surface area contributed by atoms with Crippen molar-refractivity contribution in [3.8, 4) is 0 Å². The number of rotatable bonds is 3. The van der Waals surface area contributed by atoms with E-state index in [0.29, 0.717) is 6.54 Å². The van der Waals surface area contributed by atoms with E-state index < -0.39 is 11.4 Å². The van der Waals surface area contributed by atoms with Gasteiger partial charge in [-0.1, -0.05) is 0 Å². The first kappa shape index (κ1) is 11.5. The number of piperidine rings is 1. The number of carboxylic acid groups (broad SMARTS) is 1. The SMILES string of the molecule is CC1(C(=O)O)CCCN(Cc2nccs2)C1. The molecule has 0 radical (unpaired) electrons. The highest BCUT2D eigenvalue weighted by molar-refractivity contribution is 7.09. The van der Waals surface area contributed by atoms with Crippen molar-refractivity contribution in [3.05, 3.63) is 16.6 Å². The second-order valence-corrected chi connectivity index (χ2v) is 5.58. The van der Waals surface area contributed by atoms with Crippen molar-refractivity contribution in [3.63, 3.8) is 0 Å². The summed E-state index contributed by atoms with van der Waals surface area (Å²) in [7, 11) is 0. The number of thiazole rings is 1.